The quantitative estimate of drug-likeness (QED) is 0.769. The van der Waals surface area contributed by atoms with Crippen LogP contribution in [0.2, 0.25) is 0 Å². The van der Waals surface area contributed by atoms with E-state index in [-0.39, 0.29) is 11.6 Å². The second-order valence-corrected chi connectivity index (χ2v) is 6.16. The topological polar surface area (TPSA) is 102 Å². The van der Waals surface area contributed by atoms with E-state index in [2.05, 4.69) is 11.4 Å². The molecular formula is C13H18N4O2S. The number of carbonyl (C=O) groups is 1. The van der Waals surface area contributed by atoms with E-state index in [1.165, 1.54) is 11.3 Å². The molecule has 1 unspecified atom stereocenters. The number of rotatable bonds is 3. The van der Waals surface area contributed by atoms with Crippen molar-refractivity contribution in [3.05, 3.63) is 10.4 Å². The molecule has 1 saturated heterocycles. The number of anilines is 2. The Morgan fingerprint density at radius 1 is 1.70 bits per heavy atom. The number of amides is 1. The maximum absolute atomic E-state index is 11.9. The zero-order valence-electron chi connectivity index (χ0n) is 11.6. The summed E-state index contributed by atoms with van der Waals surface area (Å²) in [5.41, 5.74) is 5.71. The Kier molecular flexibility index (Phi) is 3.88. The highest BCUT2D eigenvalue weighted by Gasteiger charge is 2.34. The zero-order chi connectivity index (χ0) is 14.9. The first-order chi connectivity index (χ1) is 9.39. The summed E-state index contributed by atoms with van der Waals surface area (Å²) in [6, 6.07) is 2.07. The predicted molar refractivity (Wildman–Crippen MR) is 78.9 cm³/mol. The van der Waals surface area contributed by atoms with Crippen LogP contribution in [0.5, 0.6) is 0 Å². The molecule has 108 valence electrons. The van der Waals surface area contributed by atoms with Crippen molar-refractivity contribution >= 4 is 27.9 Å². The van der Waals surface area contributed by atoms with Crippen molar-refractivity contribution in [3.63, 3.8) is 0 Å². The van der Waals surface area contributed by atoms with Crippen molar-refractivity contribution < 1.29 is 9.90 Å². The Morgan fingerprint density at radius 2 is 2.40 bits per heavy atom. The highest BCUT2D eigenvalue weighted by Crippen LogP contribution is 2.40. The second-order valence-electron chi connectivity index (χ2n) is 5.16. The average molecular weight is 294 g/mol. The fraction of sp³-hybridized carbons (Fsp3) is 0.538. The van der Waals surface area contributed by atoms with Gasteiger partial charge in [0.05, 0.1) is 11.3 Å². The molecule has 4 N–H and O–H groups in total. The van der Waals surface area contributed by atoms with E-state index < -0.39 is 5.60 Å². The predicted octanol–water partition coefficient (Wildman–Crippen LogP) is 0.913. The number of nitrogens with two attached hydrogens (primary N) is 1. The van der Waals surface area contributed by atoms with Gasteiger partial charge in [0.2, 0.25) is 0 Å². The Bertz CT molecular complexity index is 574. The van der Waals surface area contributed by atoms with Gasteiger partial charge in [-0.3, -0.25) is 4.79 Å². The number of nitriles is 1. The van der Waals surface area contributed by atoms with Crippen molar-refractivity contribution in [3.8, 4) is 6.07 Å². The second kappa shape index (κ2) is 5.31. The maximum Gasteiger partial charge on any atom is 0.263 e. The number of thiophene rings is 1. The van der Waals surface area contributed by atoms with Crippen molar-refractivity contribution in [1.82, 2.24) is 5.32 Å². The SMILES string of the molecule is CCNC(=O)c1sc(N2CCC(C)(O)C2)c(C#N)c1N. The van der Waals surface area contributed by atoms with Crippen LogP contribution in [0.15, 0.2) is 0 Å². The number of hydrogen-bond acceptors (Lipinski definition) is 6. The van der Waals surface area contributed by atoms with Crippen LogP contribution in [0, 0.1) is 11.3 Å². The highest BCUT2D eigenvalue weighted by molar-refractivity contribution is 7.19. The lowest BCUT2D eigenvalue weighted by atomic mass is 10.1. The smallest absolute Gasteiger partial charge is 0.263 e. The lowest BCUT2D eigenvalue weighted by Gasteiger charge is -2.19. The molecule has 0 radical (unpaired) electrons. The number of nitrogen functional groups attached to an aromatic ring is 1. The molecule has 0 aliphatic carbocycles. The molecule has 1 fully saturated rings. The van der Waals surface area contributed by atoms with Crippen LogP contribution in [0.1, 0.15) is 35.5 Å². The molecule has 1 aromatic heterocycles. The van der Waals surface area contributed by atoms with Gasteiger partial charge in [0, 0.05) is 19.6 Å². The molecule has 0 saturated carbocycles. The van der Waals surface area contributed by atoms with Crippen LogP contribution in [-0.4, -0.2) is 36.2 Å². The van der Waals surface area contributed by atoms with Gasteiger partial charge in [-0.1, -0.05) is 0 Å². The number of nitrogens with zero attached hydrogens (tertiary/aromatic N) is 2. The minimum Gasteiger partial charge on any atom is -0.396 e. The van der Waals surface area contributed by atoms with Crippen molar-refractivity contribution in [2.75, 3.05) is 30.3 Å². The summed E-state index contributed by atoms with van der Waals surface area (Å²) in [7, 11) is 0. The van der Waals surface area contributed by atoms with E-state index in [1.54, 1.807) is 6.92 Å². The lowest BCUT2D eigenvalue weighted by molar-refractivity contribution is 0.0839. The van der Waals surface area contributed by atoms with Crippen molar-refractivity contribution in [2.24, 2.45) is 0 Å². The zero-order valence-corrected chi connectivity index (χ0v) is 12.4. The van der Waals surface area contributed by atoms with Crippen LogP contribution in [0.3, 0.4) is 0 Å². The molecule has 20 heavy (non-hydrogen) atoms. The van der Waals surface area contributed by atoms with Crippen molar-refractivity contribution in [2.45, 2.75) is 25.9 Å². The van der Waals surface area contributed by atoms with Crippen LogP contribution >= 0.6 is 11.3 Å². The summed E-state index contributed by atoms with van der Waals surface area (Å²) >= 11 is 1.21. The van der Waals surface area contributed by atoms with E-state index in [4.69, 9.17) is 5.73 Å². The van der Waals surface area contributed by atoms with E-state index in [0.29, 0.717) is 41.5 Å². The molecule has 6 nitrogen and oxygen atoms in total. The van der Waals surface area contributed by atoms with Gasteiger partial charge in [-0.2, -0.15) is 5.26 Å². The third-order valence-electron chi connectivity index (χ3n) is 3.32. The largest absolute Gasteiger partial charge is 0.396 e. The van der Waals surface area contributed by atoms with Gasteiger partial charge in [0.15, 0.2) is 0 Å². The van der Waals surface area contributed by atoms with Crippen molar-refractivity contribution in [1.29, 1.82) is 5.26 Å². The number of hydrogen-bond donors (Lipinski definition) is 3. The minimum absolute atomic E-state index is 0.227. The Balaban J connectivity index is 2.37. The van der Waals surface area contributed by atoms with Gasteiger partial charge in [0.25, 0.3) is 5.91 Å². The number of nitrogens with one attached hydrogen (secondary N) is 1. The normalized spacial score (nSPS) is 21.8. The summed E-state index contributed by atoms with van der Waals surface area (Å²) in [5, 5.41) is 22.7. The molecule has 1 aliphatic rings. The first-order valence-corrected chi connectivity index (χ1v) is 7.29. The molecule has 7 heteroatoms. The fourth-order valence-electron chi connectivity index (χ4n) is 2.29. The monoisotopic (exact) mass is 294 g/mol. The average Bonchev–Trinajstić information content (AvgIpc) is 2.89. The summed E-state index contributed by atoms with van der Waals surface area (Å²) in [4.78, 5) is 14.2. The number of carbonyl (C=O) groups excluding carboxylic acids is 1. The summed E-state index contributed by atoms with van der Waals surface area (Å²) in [6.07, 6.45) is 0.631. The molecule has 2 rings (SSSR count). The van der Waals surface area contributed by atoms with Gasteiger partial charge in [-0.15, -0.1) is 11.3 Å². The minimum atomic E-state index is -0.767. The van der Waals surface area contributed by atoms with Crippen LogP contribution in [0.4, 0.5) is 10.7 Å². The molecule has 1 aliphatic heterocycles. The van der Waals surface area contributed by atoms with Crippen LogP contribution in [0.25, 0.3) is 0 Å². The third-order valence-corrected chi connectivity index (χ3v) is 4.59. The van der Waals surface area contributed by atoms with Gasteiger partial charge >= 0.3 is 0 Å². The highest BCUT2D eigenvalue weighted by atomic mass is 32.1. The standard InChI is InChI=1S/C13H18N4O2S/c1-3-16-11(18)10-9(15)8(6-14)12(20-10)17-5-4-13(2,19)7-17/h19H,3-5,7,15H2,1-2H3,(H,16,18). The summed E-state index contributed by atoms with van der Waals surface area (Å²) in [5.74, 6) is -0.260. The van der Waals surface area contributed by atoms with Gasteiger partial charge in [-0.05, 0) is 20.3 Å². The molecule has 1 amide bonds. The molecule has 1 aromatic rings. The van der Waals surface area contributed by atoms with E-state index in [9.17, 15) is 15.2 Å². The van der Waals surface area contributed by atoms with E-state index in [0.717, 1.165) is 0 Å². The summed E-state index contributed by atoms with van der Waals surface area (Å²) in [6.45, 7) is 5.19. The first kappa shape index (κ1) is 14.6. The Morgan fingerprint density at radius 3 is 2.90 bits per heavy atom. The van der Waals surface area contributed by atoms with Gasteiger partial charge < -0.3 is 21.1 Å². The summed E-state index contributed by atoms with van der Waals surface area (Å²) < 4.78 is 0. The Hall–Kier alpha value is -1.78. The molecule has 1 atom stereocenters. The van der Waals surface area contributed by atoms with E-state index >= 15 is 0 Å². The molecular weight excluding hydrogens is 276 g/mol. The third kappa shape index (κ3) is 2.57. The van der Waals surface area contributed by atoms with Crippen LogP contribution in [-0.2, 0) is 0 Å². The molecule has 2 heterocycles. The van der Waals surface area contributed by atoms with Crippen LogP contribution < -0.4 is 16.0 Å². The number of β-amino-alcohol motifs (C(OH)–C–C–N with tert-alkyl or cyclic N) is 1. The van der Waals surface area contributed by atoms with Gasteiger partial charge in [0.1, 0.15) is 21.5 Å². The maximum atomic E-state index is 11.9. The number of aliphatic hydroxyl groups is 1. The lowest BCUT2D eigenvalue weighted by Crippen LogP contribution is -2.29. The molecule has 0 bridgehead atoms. The van der Waals surface area contributed by atoms with E-state index in [1.807, 2.05) is 11.8 Å². The fourth-order valence-corrected chi connectivity index (χ4v) is 3.40. The van der Waals surface area contributed by atoms with Gasteiger partial charge in [-0.25, -0.2) is 0 Å². The Labute approximate surface area is 121 Å². The molecule has 0 spiro atoms. The first-order valence-electron chi connectivity index (χ1n) is 6.47. The molecule has 0 aromatic carbocycles.